The third-order valence-corrected chi connectivity index (χ3v) is 15.3. The summed E-state index contributed by atoms with van der Waals surface area (Å²) in [6.07, 6.45) is 14.4. The number of rotatable bonds is 4. The second-order valence-electron chi connectivity index (χ2n) is 17.0. The van der Waals surface area contributed by atoms with Crippen LogP contribution in [0.5, 0.6) is 0 Å². The highest BCUT2D eigenvalue weighted by Gasteiger charge is 2.71. The first-order valence-electron chi connectivity index (χ1n) is 17.1. The highest BCUT2D eigenvalue weighted by atomic mass is 16.5. The Morgan fingerprint density at radius 1 is 0.857 bits per heavy atom. The van der Waals surface area contributed by atoms with Crippen LogP contribution in [0, 0.1) is 57.2 Å². The topological polar surface area (TPSA) is 55.7 Å². The first-order valence-corrected chi connectivity index (χ1v) is 17.1. The van der Waals surface area contributed by atoms with E-state index in [1.165, 1.54) is 64.0 Å². The van der Waals surface area contributed by atoms with Gasteiger partial charge in [0.05, 0.1) is 18.2 Å². The molecule has 0 saturated heterocycles. The van der Waals surface area contributed by atoms with Gasteiger partial charge < -0.3 is 4.74 Å². The van der Waals surface area contributed by atoms with E-state index in [9.17, 15) is 9.59 Å². The molecule has 10 atom stereocenters. The van der Waals surface area contributed by atoms with Crippen molar-refractivity contribution in [1.29, 1.82) is 0 Å². The number of esters is 1. The number of fused-ring (bicyclic) bond motifs is 7. The maximum atomic E-state index is 12.1. The molecule has 0 radical (unpaired) electrons. The van der Waals surface area contributed by atoms with Gasteiger partial charge in [-0.15, -0.1) is 0 Å². The molecule has 0 aliphatic heterocycles. The van der Waals surface area contributed by atoms with Gasteiger partial charge in [0.15, 0.2) is 0 Å². The lowest BCUT2D eigenvalue weighted by atomic mass is 9.32. The van der Waals surface area contributed by atoms with Crippen LogP contribution in [-0.2, 0) is 9.53 Å². The Kier molecular flexibility index (Phi) is 7.20. The largest absolute Gasteiger partial charge is 0.465 e. The van der Waals surface area contributed by atoms with Crippen LogP contribution >= 0.6 is 0 Å². The highest BCUT2D eigenvalue weighted by molar-refractivity contribution is 5.89. The van der Waals surface area contributed by atoms with Crippen LogP contribution in [0.4, 0.5) is 0 Å². The molecule has 1 aromatic carbocycles. The second-order valence-corrected chi connectivity index (χ2v) is 17.0. The minimum Gasteiger partial charge on any atom is -0.465 e. The summed E-state index contributed by atoms with van der Waals surface area (Å²) in [6.45, 7) is 18.0. The minimum absolute atomic E-state index is 0.158. The summed E-state index contributed by atoms with van der Waals surface area (Å²) in [6, 6.07) is 8.28. The molecule has 1 unspecified atom stereocenters. The SMILES string of the molecule is COC(=O)c1ccc(C2CC[C@]3(C)[C@H]4CC[C@@H]5[C@H]6[C@H](C(C)C)CC[C@]6(N=C=O)CC[C@@]5(C)[C@]4(C)CC[C@H]3C2(C)C)cc1. The van der Waals surface area contributed by atoms with E-state index in [1.807, 2.05) is 12.1 Å². The number of nitrogens with zero attached hydrogens (tertiary/aromatic N) is 1. The van der Waals surface area contributed by atoms with E-state index in [2.05, 4.69) is 71.7 Å². The predicted octanol–water partition coefficient (Wildman–Crippen LogP) is 9.38. The molecule has 0 N–H and O–H groups in total. The van der Waals surface area contributed by atoms with Gasteiger partial charge in [0, 0.05) is 0 Å². The van der Waals surface area contributed by atoms with E-state index in [1.54, 1.807) is 0 Å². The van der Waals surface area contributed by atoms with Crippen molar-refractivity contribution in [3.8, 4) is 0 Å². The van der Waals surface area contributed by atoms with Gasteiger partial charge in [0.1, 0.15) is 0 Å². The quantitative estimate of drug-likeness (QED) is 0.205. The van der Waals surface area contributed by atoms with Gasteiger partial charge in [-0.1, -0.05) is 60.6 Å². The molecule has 0 spiro atoms. The smallest absolute Gasteiger partial charge is 0.337 e. The summed E-state index contributed by atoms with van der Waals surface area (Å²) in [7, 11) is 1.45. The third kappa shape index (κ3) is 3.95. The summed E-state index contributed by atoms with van der Waals surface area (Å²) >= 11 is 0. The molecule has 0 amide bonds. The lowest BCUT2D eigenvalue weighted by Crippen LogP contribution is -2.66. The molecule has 5 aliphatic carbocycles. The summed E-state index contributed by atoms with van der Waals surface area (Å²) in [5.74, 6) is 4.13. The molecular formula is C38H55NO3. The molecule has 0 aromatic heterocycles. The van der Waals surface area contributed by atoms with Crippen LogP contribution in [0.3, 0.4) is 0 Å². The number of methoxy groups -OCH3 is 1. The monoisotopic (exact) mass is 573 g/mol. The van der Waals surface area contributed by atoms with Crippen molar-refractivity contribution in [2.45, 2.75) is 124 Å². The van der Waals surface area contributed by atoms with Crippen LogP contribution in [0.25, 0.3) is 0 Å². The van der Waals surface area contributed by atoms with Gasteiger partial charge in [0.25, 0.3) is 0 Å². The van der Waals surface area contributed by atoms with Crippen molar-refractivity contribution in [3.63, 3.8) is 0 Å². The summed E-state index contributed by atoms with van der Waals surface area (Å²) < 4.78 is 4.95. The number of hydrogen-bond acceptors (Lipinski definition) is 4. The Labute approximate surface area is 254 Å². The Bertz CT molecular complexity index is 1260. The molecule has 0 bridgehead atoms. The van der Waals surface area contributed by atoms with E-state index in [0.29, 0.717) is 57.3 Å². The molecule has 0 heterocycles. The Balaban J connectivity index is 1.32. The zero-order valence-electron chi connectivity index (χ0n) is 27.6. The minimum atomic E-state index is -0.261. The van der Waals surface area contributed by atoms with Crippen molar-refractivity contribution in [2.75, 3.05) is 7.11 Å². The Morgan fingerprint density at radius 2 is 1.57 bits per heavy atom. The average Bonchev–Trinajstić information content (AvgIpc) is 3.33. The fourth-order valence-corrected chi connectivity index (χ4v) is 13.2. The van der Waals surface area contributed by atoms with Crippen LogP contribution in [0.15, 0.2) is 29.3 Å². The van der Waals surface area contributed by atoms with Crippen molar-refractivity contribution in [3.05, 3.63) is 35.4 Å². The van der Waals surface area contributed by atoms with Crippen molar-refractivity contribution in [1.82, 2.24) is 0 Å². The maximum Gasteiger partial charge on any atom is 0.337 e. The molecule has 5 fully saturated rings. The van der Waals surface area contributed by atoms with Crippen LogP contribution in [0.2, 0.25) is 0 Å². The summed E-state index contributed by atoms with van der Waals surface area (Å²) in [5, 5.41) is 0. The maximum absolute atomic E-state index is 12.1. The van der Waals surface area contributed by atoms with Crippen molar-refractivity contribution >= 4 is 12.0 Å². The van der Waals surface area contributed by atoms with Crippen LogP contribution in [0.1, 0.15) is 135 Å². The first kappa shape index (κ1) is 30.1. The number of benzene rings is 1. The molecule has 5 aliphatic rings. The zero-order chi connectivity index (χ0) is 30.3. The van der Waals surface area contributed by atoms with Crippen LogP contribution < -0.4 is 0 Å². The molecule has 230 valence electrons. The fourth-order valence-electron chi connectivity index (χ4n) is 13.2. The third-order valence-electron chi connectivity index (χ3n) is 15.3. The normalized spacial score (nSPS) is 45.5. The molecule has 6 rings (SSSR count). The van der Waals surface area contributed by atoms with E-state index >= 15 is 0 Å². The van der Waals surface area contributed by atoms with Gasteiger partial charge >= 0.3 is 5.97 Å². The lowest BCUT2D eigenvalue weighted by molar-refractivity contribution is -0.233. The Hall–Kier alpha value is -1.93. The number of hydrogen-bond donors (Lipinski definition) is 0. The van der Waals surface area contributed by atoms with Crippen LogP contribution in [-0.4, -0.2) is 24.7 Å². The summed E-state index contributed by atoms with van der Waals surface area (Å²) in [5.41, 5.74) is 2.97. The number of carbonyl (C=O) groups is 1. The van der Waals surface area contributed by atoms with Gasteiger partial charge in [-0.05, 0) is 145 Å². The zero-order valence-corrected chi connectivity index (χ0v) is 27.6. The number of ether oxygens (including phenoxy) is 1. The van der Waals surface area contributed by atoms with Gasteiger partial charge in [-0.3, -0.25) is 0 Å². The Morgan fingerprint density at radius 3 is 2.21 bits per heavy atom. The van der Waals surface area contributed by atoms with Gasteiger partial charge in [-0.25, -0.2) is 9.59 Å². The molecule has 4 heteroatoms. The lowest BCUT2D eigenvalue weighted by Gasteiger charge is -2.73. The molecule has 4 nitrogen and oxygen atoms in total. The molecule has 1 aromatic rings. The molecule has 42 heavy (non-hydrogen) atoms. The van der Waals surface area contributed by atoms with Crippen molar-refractivity contribution in [2.24, 2.45) is 62.2 Å². The van der Waals surface area contributed by atoms with E-state index in [4.69, 9.17) is 4.74 Å². The van der Waals surface area contributed by atoms with E-state index in [-0.39, 0.29) is 16.9 Å². The molecule has 5 saturated carbocycles. The fraction of sp³-hybridized carbons (Fsp3) is 0.789. The molecular weight excluding hydrogens is 518 g/mol. The number of carbonyl (C=O) groups excluding carboxylic acids is 2. The summed E-state index contributed by atoms with van der Waals surface area (Å²) in [4.78, 5) is 28.5. The number of aliphatic imine (C=N–C) groups is 1. The average molecular weight is 574 g/mol. The van der Waals surface area contributed by atoms with E-state index < -0.39 is 0 Å². The van der Waals surface area contributed by atoms with Gasteiger partial charge in [0.2, 0.25) is 6.08 Å². The first-order chi connectivity index (χ1) is 19.8. The highest BCUT2D eigenvalue weighted by Crippen LogP contribution is 2.77. The van der Waals surface area contributed by atoms with Crippen molar-refractivity contribution < 1.29 is 14.3 Å². The standard InChI is InChI=1S/C38H55NO3/c1-24(2)27-15-20-38(39-23-40)22-21-36(6)29(32(27)38)13-14-31-35(5)18-16-28(25-9-11-26(12-10-25)33(41)42-8)34(3,4)30(35)17-19-37(31,36)7/h9-12,24,27-32H,13-22H2,1-8H3/t27-,28?,29+,30-,31+,32+,35-,36+,37+,38-/m0/s1. The number of isocyanates is 1. The second kappa shape index (κ2) is 10.0. The predicted molar refractivity (Wildman–Crippen MR) is 168 cm³/mol. The van der Waals surface area contributed by atoms with Gasteiger partial charge in [-0.2, -0.15) is 4.99 Å². The van der Waals surface area contributed by atoms with E-state index in [0.717, 1.165) is 18.8 Å².